The minimum absolute atomic E-state index is 0.651. The first-order chi connectivity index (χ1) is 7.81. The standard InChI is InChI=1S/C13H21N3/c1-11-5-4-8-13(15-11)16(10-9-14)12-6-2-3-7-12/h4-5,8,12H,2-3,6-7,9-10,14H2,1H3. The Morgan fingerprint density at radius 3 is 2.75 bits per heavy atom. The van der Waals surface area contributed by atoms with Crippen LogP contribution in [0.15, 0.2) is 18.2 Å². The van der Waals surface area contributed by atoms with Crippen molar-refractivity contribution in [2.24, 2.45) is 5.73 Å². The van der Waals surface area contributed by atoms with E-state index in [-0.39, 0.29) is 0 Å². The fourth-order valence-corrected chi connectivity index (χ4v) is 2.53. The first-order valence-corrected chi connectivity index (χ1v) is 6.21. The van der Waals surface area contributed by atoms with Gasteiger partial charge in [0.2, 0.25) is 0 Å². The second kappa shape index (κ2) is 5.30. The van der Waals surface area contributed by atoms with Crippen LogP contribution in [0.4, 0.5) is 5.82 Å². The molecule has 0 saturated heterocycles. The molecule has 1 aliphatic rings. The lowest BCUT2D eigenvalue weighted by Gasteiger charge is -2.29. The molecule has 1 aliphatic carbocycles. The van der Waals surface area contributed by atoms with Gasteiger partial charge in [-0.05, 0) is 31.9 Å². The van der Waals surface area contributed by atoms with Crippen LogP contribution in [-0.2, 0) is 0 Å². The number of anilines is 1. The van der Waals surface area contributed by atoms with Crippen molar-refractivity contribution >= 4 is 5.82 Å². The Hall–Kier alpha value is -1.09. The summed E-state index contributed by atoms with van der Waals surface area (Å²) < 4.78 is 0. The van der Waals surface area contributed by atoms with Gasteiger partial charge in [0.25, 0.3) is 0 Å². The van der Waals surface area contributed by atoms with Gasteiger partial charge < -0.3 is 10.6 Å². The minimum Gasteiger partial charge on any atom is -0.352 e. The zero-order valence-corrected chi connectivity index (χ0v) is 10.0. The van der Waals surface area contributed by atoms with Gasteiger partial charge in [-0.2, -0.15) is 0 Å². The summed E-state index contributed by atoms with van der Waals surface area (Å²) in [5.74, 6) is 1.09. The van der Waals surface area contributed by atoms with Crippen molar-refractivity contribution in [1.29, 1.82) is 0 Å². The fraction of sp³-hybridized carbons (Fsp3) is 0.615. The molecule has 0 aliphatic heterocycles. The number of hydrogen-bond donors (Lipinski definition) is 1. The van der Waals surface area contributed by atoms with Gasteiger partial charge in [0.05, 0.1) is 0 Å². The van der Waals surface area contributed by atoms with Crippen LogP contribution >= 0.6 is 0 Å². The van der Waals surface area contributed by atoms with Gasteiger partial charge in [-0.1, -0.05) is 18.9 Å². The topological polar surface area (TPSA) is 42.1 Å². The lowest BCUT2D eigenvalue weighted by Crippen LogP contribution is -2.38. The molecule has 0 spiro atoms. The lowest BCUT2D eigenvalue weighted by molar-refractivity contribution is 0.601. The third-order valence-electron chi connectivity index (χ3n) is 3.30. The molecule has 0 aromatic carbocycles. The van der Waals surface area contributed by atoms with Crippen molar-refractivity contribution in [2.45, 2.75) is 38.6 Å². The highest BCUT2D eigenvalue weighted by molar-refractivity contribution is 5.40. The van der Waals surface area contributed by atoms with Crippen molar-refractivity contribution in [2.75, 3.05) is 18.0 Å². The number of aryl methyl sites for hydroxylation is 1. The molecule has 2 rings (SSSR count). The Balaban J connectivity index is 2.17. The number of nitrogens with two attached hydrogens (primary N) is 1. The quantitative estimate of drug-likeness (QED) is 0.843. The summed E-state index contributed by atoms with van der Waals surface area (Å²) in [7, 11) is 0. The van der Waals surface area contributed by atoms with E-state index in [1.54, 1.807) is 0 Å². The van der Waals surface area contributed by atoms with Crippen LogP contribution in [0.25, 0.3) is 0 Å². The summed E-state index contributed by atoms with van der Waals surface area (Å²) in [4.78, 5) is 7.00. The first-order valence-electron chi connectivity index (χ1n) is 6.21. The van der Waals surface area contributed by atoms with Crippen molar-refractivity contribution in [3.63, 3.8) is 0 Å². The van der Waals surface area contributed by atoms with E-state index >= 15 is 0 Å². The molecular weight excluding hydrogens is 198 g/mol. The molecule has 0 bridgehead atoms. The van der Waals surface area contributed by atoms with Crippen molar-refractivity contribution in [3.8, 4) is 0 Å². The summed E-state index contributed by atoms with van der Waals surface area (Å²) in [6, 6.07) is 6.87. The largest absolute Gasteiger partial charge is 0.352 e. The summed E-state index contributed by atoms with van der Waals surface area (Å²) in [6.45, 7) is 3.66. The Kier molecular flexibility index (Phi) is 3.78. The van der Waals surface area contributed by atoms with Crippen LogP contribution < -0.4 is 10.6 Å². The average molecular weight is 219 g/mol. The molecule has 0 atom stereocenters. The van der Waals surface area contributed by atoms with Crippen LogP contribution in [0.2, 0.25) is 0 Å². The second-order valence-corrected chi connectivity index (χ2v) is 4.56. The third kappa shape index (κ3) is 2.53. The van der Waals surface area contributed by atoms with Crippen molar-refractivity contribution in [3.05, 3.63) is 23.9 Å². The Bertz CT molecular complexity index is 332. The third-order valence-corrected chi connectivity index (χ3v) is 3.30. The summed E-state index contributed by atoms with van der Waals surface area (Å²) >= 11 is 0. The summed E-state index contributed by atoms with van der Waals surface area (Å²) in [5.41, 5.74) is 6.78. The van der Waals surface area contributed by atoms with Crippen LogP contribution in [0, 0.1) is 6.92 Å². The maximum absolute atomic E-state index is 5.70. The molecule has 2 N–H and O–H groups in total. The molecule has 0 amide bonds. The molecular formula is C13H21N3. The number of rotatable bonds is 4. The Morgan fingerprint density at radius 2 is 2.12 bits per heavy atom. The molecule has 0 unspecified atom stereocenters. The van der Waals surface area contributed by atoms with Gasteiger partial charge >= 0.3 is 0 Å². The maximum atomic E-state index is 5.70. The monoisotopic (exact) mass is 219 g/mol. The van der Waals surface area contributed by atoms with Gasteiger partial charge in [-0.3, -0.25) is 0 Å². The number of pyridine rings is 1. The predicted molar refractivity (Wildman–Crippen MR) is 67.6 cm³/mol. The molecule has 1 heterocycles. The SMILES string of the molecule is Cc1cccc(N(CCN)C2CCCC2)n1. The number of hydrogen-bond acceptors (Lipinski definition) is 3. The smallest absolute Gasteiger partial charge is 0.129 e. The lowest BCUT2D eigenvalue weighted by atomic mass is 10.2. The normalized spacial score (nSPS) is 16.6. The zero-order valence-electron chi connectivity index (χ0n) is 10.0. The van der Waals surface area contributed by atoms with Gasteiger partial charge in [0.1, 0.15) is 5.82 Å². The van der Waals surface area contributed by atoms with E-state index in [4.69, 9.17) is 5.73 Å². The van der Waals surface area contributed by atoms with E-state index in [9.17, 15) is 0 Å². The van der Waals surface area contributed by atoms with Gasteiger partial charge in [-0.15, -0.1) is 0 Å². The molecule has 1 saturated carbocycles. The van der Waals surface area contributed by atoms with Gasteiger partial charge in [0, 0.05) is 24.8 Å². The average Bonchev–Trinajstić information content (AvgIpc) is 2.79. The fourth-order valence-electron chi connectivity index (χ4n) is 2.53. The van der Waals surface area contributed by atoms with Crippen LogP contribution in [0.5, 0.6) is 0 Å². The van der Waals surface area contributed by atoms with Crippen molar-refractivity contribution in [1.82, 2.24) is 4.98 Å². The highest BCUT2D eigenvalue weighted by atomic mass is 15.2. The van der Waals surface area contributed by atoms with Crippen LogP contribution in [0.3, 0.4) is 0 Å². The predicted octanol–water partition coefficient (Wildman–Crippen LogP) is 2.10. The zero-order chi connectivity index (χ0) is 11.4. The highest BCUT2D eigenvalue weighted by Crippen LogP contribution is 2.26. The maximum Gasteiger partial charge on any atom is 0.129 e. The van der Waals surface area contributed by atoms with Gasteiger partial charge in [0.15, 0.2) is 0 Å². The molecule has 3 heteroatoms. The molecule has 1 fully saturated rings. The molecule has 1 aromatic heterocycles. The molecule has 1 aromatic rings. The second-order valence-electron chi connectivity index (χ2n) is 4.56. The molecule has 88 valence electrons. The Labute approximate surface area is 97.7 Å². The van der Waals surface area contributed by atoms with E-state index in [1.165, 1.54) is 25.7 Å². The van der Waals surface area contributed by atoms with E-state index in [2.05, 4.69) is 22.0 Å². The molecule has 3 nitrogen and oxygen atoms in total. The van der Waals surface area contributed by atoms with Crippen LogP contribution in [0.1, 0.15) is 31.4 Å². The Morgan fingerprint density at radius 1 is 1.38 bits per heavy atom. The number of nitrogens with zero attached hydrogens (tertiary/aromatic N) is 2. The van der Waals surface area contributed by atoms with Crippen molar-refractivity contribution < 1.29 is 0 Å². The highest BCUT2D eigenvalue weighted by Gasteiger charge is 2.22. The van der Waals surface area contributed by atoms with E-state index in [1.807, 2.05) is 13.0 Å². The summed E-state index contributed by atoms with van der Waals surface area (Å²) in [5, 5.41) is 0. The molecule has 16 heavy (non-hydrogen) atoms. The summed E-state index contributed by atoms with van der Waals surface area (Å²) in [6.07, 6.45) is 5.26. The number of aromatic nitrogens is 1. The van der Waals surface area contributed by atoms with E-state index in [0.717, 1.165) is 18.1 Å². The first kappa shape index (κ1) is 11.4. The van der Waals surface area contributed by atoms with Crippen LogP contribution in [-0.4, -0.2) is 24.1 Å². The van der Waals surface area contributed by atoms with E-state index < -0.39 is 0 Å². The molecule has 0 radical (unpaired) electrons. The van der Waals surface area contributed by atoms with E-state index in [0.29, 0.717) is 12.6 Å². The minimum atomic E-state index is 0.651. The van der Waals surface area contributed by atoms with Gasteiger partial charge in [-0.25, -0.2) is 4.98 Å².